The maximum Gasteiger partial charge on any atom is 0.160 e. The molecule has 0 bridgehead atoms. The molecule has 4 nitrogen and oxygen atoms in total. The Morgan fingerprint density at radius 1 is 1.03 bits per heavy atom. The summed E-state index contributed by atoms with van der Waals surface area (Å²) in [6.07, 6.45) is 10.4. The highest BCUT2D eigenvalue weighted by Gasteiger charge is 2.26. The van der Waals surface area contributed by atoms with Crippen LogP contribution in [0.25, 0.3) is 0 Å². The molecule has 1 aromatic heterocycles. The van der Waals surface area contributed by atoms with Gasteiger partial charge in [-0.15, -0.1) is 45.3 Å². The molecule has 1 aliphatic carbocycles. The summed E-state index contributed by atoms with van der Waals surface area (Å²) >= 11 is 1.85. The van der Waals surface area contributed by atoms with Crippen LogP contribution in [0.1, 0.15) is 61.5 Å². The fourth-order valence-corrected chi connectivity index (χ4v) is 5.30. The topological polar surface area (TPSA) is 55.7 Å². The Balaban J connectivity index is 0.00000256. The molecule has 0 fully saturated rings. The minimum atomic E-state index is 0. The minimum Gasteiger partial charge on any atom is -0.504 e. The normalized spacial score (nSPS) is 15.1. The molecule has 2 aromatic rings. The summed E-state index contributed by atoms with van der Waals surface area (Å²) in [5.41, 5.74) is 2.16. The standard InChI is InChI=1S/C25H38N2O2S.2BrH/c1-2-16-27(21-10-11-23-20(19-21)9-12-24(28)25(23)29)17-6-4-3-5-14-26-15-13-22-8-7-18-30-22;;/h7-9,12,18,21,26,28-29H,2-6,10-11,13-17,19H2,1H3;2*1H/t21-;;/m0../s1. The van der Waals surface area contributed by atoms with Crippen LogP contribution in [0.4, 0.5) is 0 Å². The van der Waals surface area contributed by atoms with E-state index in [2.05, 4.69) is 34.7 Å². The van der Waals surface area contributed by atoms with Crippen LogP contribution in [0, 0.1) is 0 Å². The second kappa shape index (κ2) is 16.1. The molecule has 0 amide bonds. The van der Waals surface area contributed by atoms with Gasteiger partial charge in [-0.1, -0.05) is 31.9 Å². The molecule has 1 aliphatic rings. The molecule has 0 saturated carbocycles. The first-order chi connectivity index (χ1) is 14.7. The summed E-state index contributed by atoms with van der Waals surface area (Å²) in [6, 6.07) is 8.52. The molecule has 32 heavy (non-hydrogen) atoms. The van der Waals surface area contributed by atoms with Crippen molar-refractivity contribution in [1.82, 2.24) is 10.2 Å². The molecule has 0 aliphatic heterocycles. The molecule has 0 radical (unpaired) electrons. The zero-order chi connectivity index (χ0) is 21.2. The molecule has 3 N–H and O–H groups in total. The summed E-state index contributed by atoms with van der Waals surface area (Å²) in [6.45, 7) is 6.79. The largest absolute Gasteiger partial charge is 0.504 e. The smallest absolute Gasteiger partial charge is 0.160 e. The SMILES string of the molecule is Br.Br.CCCN(CCCCCCNCCc1cccs1)[C@H]1CCc2c(ccc(O)c2O)C1. The Morgan fingerprint density at radius 3 is 2.59 bits per heavy atom. The molecule has 7 heteroatoms. The Labute approximate surface area is 219 Å². The number of aromatic hydroxyl groups is 2. The molecule has 1 aromatic carbocycles. The van der Waals surface area contributed by atoms with Crippen molar-refractivity contribution in [1.29, 1.82) is 0 Å². The van der Waals surface area contributed by atoms with Gasteiger partial charge in [0.15, 0.2) is 11.5 Å². The van der Waals surface area contributed by atoms with Crippen LogP contribution in [0.3, 0.4) is 0 Å². The molecule has 1 atom stereocenters. The number of benzene rings is 1. The number of hydrogen-bond acceptors (Lipinski definition) is 5. The van der Waals surface area contributed by atoms with Gasteiger partial charge in [0.05, 0.1) is 0 Å². The molecular weight excluding hydrogens is 552 g/mol. The van der Waals surface area contributed by atoms with Crippen molar-refractivity contribution in [2.24, 2.45) is 0 Å². The highest BCUT2D eigenvalue weighted by atomic mass is 79.9. The van der Waals surface area contributed by atoms with Crippen molar-refractivity contribution in [2.45, 2.75) is 70.8 Å². The number of hydrogen-bond donors (Lipinski definition) is 3. The second-order valence-electron chi connectivity index (χ2n) is 8.50. The van der Waals surface area contributed by atoms with E-state index in [9.17, 15) is 10.2 Å². The van der Waals surface area contributed by atoms with Crippen LogP contribution in [0.15, 0.2) is 29.6 Å². The third-order valence-electron chi connectivity index (χ3n) is 6.25. The van der Waals surface area contributed by atoms with Gasteiger partial charge in [0.25, 0.3) is 0 Å². The molecule has 0 spiro atoms. The lowest BCUT2D eigenvalue weighted by Crippen LogP contribution is -2.40. The van der Waals surface area contributed by atoms with Crippen LogP contribution in [0.5, 0.6) is 11.5 Å². The second-order valence-corrected chi connectivity index (χ2v) is 9.53. The average molecular weight is 592 g/mol. The quantitative estimate of drug-likeness (QED) is 0.190. The Hall–Kier alpha value is -0.600. The summed E-state index contributed by atoms with van der Waals surface area (Å²) in [4.78, 5) is 4.13. The van der Waals surface area contributed by atoms with Crippen LogP contribution in [0.2, 0.25) is 0 Å². The van der Waals surface area contributed by atoms with E-state index in [0.717, 1.165) is 50.9 Å². The fourth-order valence-electron chi connectivity index (χ4n) is 4.59. The molecule has 0 saturated heterocycles. The number of rotatable bonds is 13. The van der Waals surface area contributed by atoms with E-state index in [1.54, 1.807) is 6.07 Å². The summed E-state index contributed by atoms with van der Waals surface area (Å²) in [5, 5.41) is 25.6. The van der Waals surface area contributed by atoms with Crippen molar-refractivity contribution in [2.75, 3.05) is 26.2 Å². The van der Waals surface area contributed by atoms with Gasteiger partial charge in [0.1, 0.15) is 0 Å². The number of phenols is 2. The van der Waals surface area contributed by atoms with Gasteiger partial charge >= 0.3 is 0 Å². The highest BCUT2D eigenvalue weighted by molar-refractivity contribution is 8.93. The number of fused-ring (bicyclic) bond motifs is 1. The van der Waals surface area contributed by atoms with E-state index in [4.69, 9.17) is 0 Å². The van der Waals surface area contributed by atoms with E-state index in [1.807, 2.05) is 17.4 Å². The highest BCUT2D eigenvalue weighted by Crippen LogP contribution is 2.36. The van der Waals surface area contributed by atoms with Crippen LogP contribution < -0.4 is 5.32 Å². The first-order valence-electron chi connectivity index (χ1n) is 11.7. The van der Waals surface area contributed by atoms with Crippen molar-refractivity contribution in [3.05, 3.63) is 45.6 Å². The summed E-state index contributed by atoms with van der Waals surface area (Å²) in [7, 11) is 0. The van der Waals surface area contributed by atoms with Crippen LogP contribution in [-0.2, 0) is 19.3 Å². The average Bonchev–Trinajstić information content (AvgIpc) is 3.28. The van der Waals surface area contributed by atoms with Gasteiger partial charge in [-0.3, -0.25) is 0 Å². The van der Waals surface area contributed by atoms with Gasteiger partial charge in [0, 0.05) is 16.5 Å². The molecule has 1 heterocycles. The third kappa shape index (κ3) is 8.98. The summed E-state index contributed by atoms with van der Waals surface area (Å²) < 4.78 is 0. The Kier molecular flexibility index (Phi) is 14.8. The lowest BCUT2D eigenvalue weighted by molar-refractivity contribution is 0.175. The first kappa shape index (κ1) is 29.4. The number of unbranched alkanes of at least 4 members (excludes halogenated alkanes) is 3. The first-order valence-corrected chi connectivity index (χ1v) is 12.6. The predicted molar refractivity (Wildman–Crippen MR) is 147 cm³/mol. The van der Waals surface area contributed by atoms with Crippen LogP contribution in [-0.4, -0.2) is 47.3 Å². The lowest BCUT2D eigenvalue weighted by Gasteiger charge is -2.35. The predicted octanol–water partition coefficient (Wildman–Crippen LogP) is 6.28. The third-order valence-corrected chi connectivity index (χ3v) is 7.18. The molecular formula is C25H40Br2N2O2S. The van der Waals surface area contributed by atoms with Gasteiger partial charge in [-0.05, 0) is 94.2 Å². The van der Waals surface area contributed by atoms with E-state index in [-0.39, 0.29) is 45.5 Å². The molecule has 182 valence electrons. The van der Waals surface area contributed by atoms with Crippen molar-refractivity contribution in [3.8, 4) is 11.5 Å². The van der Waals surface area contributed by atoms with Crippen molar-refractivity contribution < 1.29 is 10.2 Å². The van der Waals surface area contributed by atoms with Gasteiger partial charge in [-0.25, -0.2) is 0 Å². The van der Waals surface area contributed by atoms with Crippen molar-refractivity contribution in [3.63, 3.8) is 0 Å². The zero-order valence-electron chi connectivity index (χ0n) is 19.2. The summed E-state index contributed by atoms with van der Waals surface area (Å²) in [5.74, 6) is 0.107. The Bertz CT molecular complexity index is 759. The van der Waals surface area contributed by atoms with Gasteiger partial charge in [0.2, 0.25) is 0 Å². The zero-order valence-corrected chi connectivity index (χ0v) is 23.5. The van der Waals surface area contributed by atoms with Crippen molar-refractivity contribution >= 4 is 45.3 Å². The van der Waals surface area contributed by atoms with Crippen LogP contribution >= 0.6 is 45.3 Å². The van der Waals surface area contributed by atoms with Gasteiger partial charge < -0.3 is 20.4 Å². The maximum atomic E-state index is 10.1. The minimum absolute atomic E-state index is 0. The number of nitrogens with zero attached hydrogens (tertiary/aromatic N) is 1. The lowest BCUT2D eigenvalue weighted by atomic mass is 9.86. The maximum absolute atomic E-state index is 10.1. The Morgan fingerprint density at radius 2 is 1.84 bits per heavy atom. The number of halogens is 2. The number of thiophene rings is 1. The van der Waals surface area contributed by atoms with E-state index < -0.39 is 0 Å². The van der Waals surface area contributed by atoms with E-state index in [1.165, 1.54) is 49.1 Å². The monoisotopic (exact) mass is 590 g/mol. The van der Waals surface area contributed by atoms with Gasteiger partial charge in [-0.2, -0.15) is 0 Å². The number of nitrogens with one attached hydrogen (secondary N) is 1. The number of phenolic OH excluding ortho intramolecular Hbond substituents is 2. The fraction of sp³-hybridized carbons (Fsp3) is 0.600. The van der Waals surface area contributed by atoms with E-state index >= 15 is 0 Å². The molecule has 3 rings (SSSR count). The van der Waals surface area contributed by atoms with E-state index in [0.29, 0.717) is 6.04 Å². The molecule has 0 unspecified atom stereocenters.